The van der Waals surface area contributed by atoms with E-state index in [2.05, 4.69) is 37.2 Å². The zero-order valence-electron chi connectivity index (χ0n) is 17.9. The van der Waals surface area contributed by atoms with Gasteiger partial charge in [-0.05, 0) is 53.6 Å². The highest BCUT2D eigenvalue weighted by molar-refractivity contribution is 9.11. The molecule has 1 aliphatic rings. The molecular weight excluding hydrogens is 624 g/mol. The van der Waals surface area contributed by atoms with Crippen LogP contribution in [0.15, 0.2) is 78.2 Å². The summed E-state index contributed by atoms with van der Waals surface area (Å²) < 4.78 is 32.7. The Morgan fingerprint density at radius 1 is 1.11 bits per heavy atom. The average Bonchev–Trinajstić information content (AvgIpc) is 2.81. The molecule has 4 rings (SSSR count). The lowest BCUT2D eigenvalue weighted by atomic mass is 10.1. The van der Waals surface area contributed by atoms with Gasteiger partial charge in [-0.1, -0.05) is 55.8 Å². The molecule has 3 aromatic carbocycles. The second-order valence-electron chi connectivity index (χ2n) is 7.37. The van der Waals surface area contributed by atoms with Crippen molar-refractivity contribution in [1.29, 1.82) is 0 Å². The van der Waals surface area contributed by atoms with Crippen LogP contribution in [0.2, 0.25) is 0 Å². The Bertz CT molecular complexity index is 1490. The van der Waals surface area contributed by atoms with Crippen molar-refractivity contribution in [1.82, 2.24) is 0 Å². The Morgan fingerprint density at radius 2 is 1.83 bits per heavy atom. The molecule has 8 nitrogen and oxygen atoms in total. The number of nitrogens with one attached hydrogen (secondary N) is 1. The lowest BCUT2D eigenvalue weighted by molar-refractivity contribution is -0.385. The van der Waals surface area contributed by atoms with Gasteiger partial charge in [0.2, 0.25) is 0 Å². The Labute approximate surface area is 222 Å². The maximum Gasteiger partial charge on any atom is 0.311 e. The van der Waals surface area contributed by atoms with Crippen LogP contribution in [-0.4, -0.2) is 26.4 Å². The van der Waals surface area contributed by atoms with Crippen molar-refractivity contribution in [3.8, 4) is 5.75 Å². The van der Waals surface area contributed by atoms with Crippen molar-refractivity contribution < 1.29 is 22.9 Å². The van der Waals surface area contributed by atoms with E-state index in [1.807, 2.05) is 0 Å². The van der Waals surface area contributed by atoms with Gasteiger partial charge in [-0.25, -0.2) is 8.42 Å². The number of amides is 1. The van der Waals surface area contributed by atoms with Gasteiger partial charge in [0, 0.05) is 19.9 Å². The highest BCUT2D eigenvalue weighted by Gasteiger charge is 2.25. The minimum atomic E-state index is -3.70. The first-order valence-electron chi connectivity index (χ1n) is 9.92. The number of fused-ring (bicyclic) bond motifs is 1. The summed E-state index contributed by atoms with van der Waals surface area (Å²) in [6.45, 7) is 0. The molecule has 0 aromatic heterocycles. The molecule has 1 aliphatic heterocycles. The molecule has 0 unspecified atom stereocenters. The molecule has 35 heavy (non-hydrogen) atoms. The van der Waals surface area contributed by atoms with Crippen molar-refractivity contribution in [3.63, 3.8) is 0 Å². The molecule has 0 fully saturated rings. The number of hydrogen-bond acceptors (Lipinski definition) is 7. The summed E-state index contributed by atoms with van der Waals surface area (Å²) in [4.78, 5) is 24.3. The summed E-state index contributed by atoms with van der Waals surface area (Å²) in [5.74, 6) is -0.508. The van der Waals surface area contributed by atoms with E-state index in [9.17, 15) is 23.3 Å². The predicted octanol–water partition coefficient (Wildman–Crippen LogP) is 6.19. The van der Waals surface area contributed by atoms with Crippen molar-refractivity contribution in [2.45, 2.75) is 15.5 Å². The van der Waals surface area contributed by atoms with E-state index in [1.54, 1.807) is 30.3 Å². The molecule has 0 atom stereocenters. The smallest absolute Gasteiger partial charge is 0.311 e. The number of ether oxygens (including phenoxy) is 1. The highest BCUT2D eigenvalue weighted by Crippen LogP contribution is 2.41. The summed E-state index contributed by atoms with van der Waals surface area (Å²) in [6.07, 6.45) is 1.51. The molecule has 1 N–H and O–H groups in total. The van der Waals surface area contributed by atoms with Gasteiger partial charge < -0.3 is 10.1 Å². The molecule has 1 heterocycles. The van der Waals surface area contributed by atoms with Crippen molar-refractivity contribution in [2.75, 3.05) is 12.4 Å². The van der Waals surface area contributed by atoms with Gasteiger partial charge in [0.05, 0.1) is 33.3 Å². The van der Waals surface area contributed by atoms with Gasteiger partial charge in [-0.2, -0.15) is 0 Å². The quantitative estimate of drug-likeness (QED) is 0.194. The third-order valence-electron chi connectivity index (χ3n) is 5.10. The molecule has 0 spiro atoms. The first-order valence-corrected chi connectivity index (χ1v) is 14.0. The van der Waals surface area contributed by atoms with Crippen LogP contribution >= 0.6 is 43.6 Å². The van der Waals surface area contributed by atoms with Gasteiger partial charge in [0.15, 0.2) is 15.6 Å². The van der Waals surface area contributed by atoms with Gasteiger partial charge in [0.1, 0.15) is 0 Å². The van der Waals surface area contributed by atoms with Crippen LogP contribution in [0.1, 0.15) is 11.1 Å². The van der Waals surface area contributed by atoms with Gasteiger partial charge in [0.25, 0.3) is 5.91 Å². The van der Waals surface area contributed by atoms with E-state index in [1.165, 1.54) is 37.5 Å². The second-order valence-corrected chi connectivity index (χ2v) is 12.2. The molecule has 180 valence electrons. The van der Waals surface area contributed by atoms with E-state index in [4.69, 9.17) is 4.74 Å². The summed E-state index contributed by atoms with van der Waals surface area (Å²) in [5.41, 5.74) is 1.29. The topological polar surface area (TPSA) is 116 Å². The fraction of sp³-hybridized carbons (Fsp3) is 0.0870. The third-order valence-corrected chi connectivity index (χ3v) is 9.31. The number of anilines is 1. The molecular formula is C23H16Br2N2O6S2. The molecule has 12 heteroatoms. The number of rotatable bonds is 6. The van der Waals surface area contributed by atoms with E-state index in [0.29, 0.717) is 30.7 Å². The summed E-state index contributed by atoms with van der Waals surface area (Å²) >= 11 is 7.89. The fourth-order valence-corrected chi connectivity index (χ4v) is 7.51. The number of methoxy groups -OCH3 is 1. The molecule has 0 saturated heterocycles. The Morgan fingerprint density at radius 3 is 2.49 bits per heavy atom. The summed E-state index contributed by atoms with van der Waals surface area (Å²) in [6, 6.07) is 14.2. The van der Waals surface area contributed by atoms with Crippen molar-refractivity contribution in [2.24, 2.45) is 0 Å². The summed E-state index contributed by atoms with van der Waals surface area (Å²) in [5, 5.41) is 14.1. The van der Waals surface area contributed by atoms with Crippen LogP contribution in [0.25, 0.3) is 6.08 Å². The van der Waals surface area contributed by atoms with Crippen LogP contribution in [0, 0.1) is 10.1 Å². The van der Waals surface area contributed by atoms with Gasteiger partial charge in [-0.3, -0.25) is 14.9 Å². The Hall–Kier alpha value is -2.67. The molecule has 1 amide bonds. The standard InChI is InChI=1S/C23H16Br2N2O6S2/c1-33-20-8-5-13(9-19(20)27(29)30)10-22-23(28)26-18-7-6-14(11-21(18)34-22)35(31,32)12-15-16(24)3-2-4-17(15)25/h2-11H,12H2,1H3,(H,26,28). The molecule has 0 saturated carbocycles. The molecule has 0 bridgehead atoms. The molecule has 0 aliphatic carbocycles. The predicted molar refractivity (Wildman–Crippen MR) is 141 cm³/mol. The zero-order valence-corrected chi connectivity index (χ0v) is 22.8. The minimum absolute atomic E-state index is 0.106. The van der Waals surface area contributed by atoms with Crippen LogP contribution in [0.3, 0.4) is 0 Å². The highest BCUT2D eigenvalue weighted by atomic mass is 79.9. The SMILES string of the molecule is COc1ccc(C=C2Sc3cc(S(=O)(=O)Cc4c(Br)cccc4Br)ccc3NC2=O)cc1[N+](=O)[O-]. The van der Waals surface area contributed by atoms with Crippen LogP contribution in [0.4, 0.5) is 11.4 Å². The van der Waals surface area contributed by atoms with Gasteiger partial charge in [-0.15, -0.1) is 0 Å². The molecule has 0 radical (unpaired) electrons. The number of nitro benzene ring substituents is 1. The normalized spacial score (nSPS) is 14.4. The van der Waals surface area contributed by atoms with E-state index in [0.717, 1.165) is 11.8 Å². The number of nitrogens with zero attached hydrogens (tertiary/aromatic N) is 1. The zero-order chi connectivity index (χ0) is 25.3. The average molecular weight is 640 g/mol. The third kappa shape index (κ3) is 5.45. The van der Waals surface area contributed by atoms with Crippen molar-refractivity contribution in [3.05, 3.63) is 89.7 Å². The minimum Gasteiger partial charge on any atom is -0.490 e. The Balaban J connectivity index is 1.66. The number of carbonyl (C=O) groups is 1. The number of thioether (sulfide) groups is 1. The second kappa shape index (κ2) is 10.1. The van der Waals surface area contributed by atoms with E-state index < -0.39 is 20.7 Å². The van der Waals surface area contributed by atoms with Crippen LogP contribution < -0.4 is 10.1 Å². The number of benzene rings is 3. The van der Waals surface area contributed by atoms with Gasteiger partial charge >= 0.3 is 5.69 Å². The number of halogens is 2. The lowest BCUT2D eigenvalue weighted by Gasteiger charge is -2.19. The van der Waals surface area contributed by atoms with E-state index in [-0.39, 0.29) is 27.0 Å². The van der Waals surface area contributed by atoms with Crippen LogP contribution in [0.5, 0.6) is 5.75 Å². The van der Waals surface area contributed by atoms with Crippen LogP contribution in [-0.2, 0) is 20.4 Å². The summed E-state index contributed by atoms with van der Waals surface area (Å²) in [7, 11) is -2.36. The molecule has 3 aromatic rings. The number of carbonyl (C=O) groups excluding carboxylic acids is 1. The van der Waals surface area contributed by atoms with Crippen molar-refractivity contribution >= 4 is 76.8 Å². The number of sulfone groups is 1. The first kappa shape index (κ1) is 25.4. The maximum atomic E-state index is 13.2. The largest absolute Gasteiger partial charge is 0.490 e. The number of hydrogen-bond donors (Lipinski definition) is 1. The first-order chi connectivity index (χ1) is 16.6. The maximum absolute atomic E-state index is 13.2. The van der Waals surface area contributed by atoms with E-state index >= 15 is 0 Å². The Kier molecular flexibility index (Phi) is 7.36. The number of nitro groups is 1. The monoisotopic (exact) mass is 638 g/mol. The fourth-order valence-electron chi connectivity index (χ4n) is 3.36. The lowest BCUT2D eigenvalue weighted by Crippen LogP contribution is -2.17.